The highest BCUT2D eigenvalue weighted by Gasteiger charge is 2.17. The molecular formula is C26H20FN5O2S. The highest BCUT2D eigenvalue weighted by molar-refractivity contribution is 7.99. The number of carbonyl (C=O) groups excluding carboxylic acids is 2. The lowest BCUT2D eigenvalue weighted by molar-refractivity contribution is 0.0949. The van der Waals surface area contributed by atoms with E-state index in [4.69, 9.17) is 5.26 Å². The smallest absolute Gasteiger partial charge is 0.254 e. The number of rotatable bonds is 9. The second-order valence-electron chi connectivity index (χ2n) is 7.46. The van der Waals surface area contributed by atoms with Crippen molar-refractivity contribution in [2.75, 3.05) is 12.3 Å². The van der Waals surface area contributed by atoms with E-state index in [-0.39, 0.29) is 23.6 Å². The zero-order chi connectivity index (χ0) is 24.6. The fourth-order valence-electron chi connectivity index (χ4n) is 3.36. The molecule has 0 unspecified atom stereocenters. The number of hydrogen-bond acceptors (Lipinski definition) is 6. The van der Waals surface area contributed by atoms with Crippen molar-refractivity contribution in [3.8, 4) is 11.8 Å². The van der Waals surface area contributed by atoms with Gasteiger partial charge in [-0.3, -0.25) is 14.2 Å². The molecule has 1 heterocycles. The van der Waals surface area contributed by atoms with Crippen LogP contribution >= 0.6 is 11.8 Å². The zero-order valence-corrected chi connectivity index (χ0v) is 19.3. The third-order valence-electron chi connectivity index (χ3n) is 5.14. The van der Waals surface area contributed by atoms with Gasteiger partial charge in [0, 0.05) is 24.2 Å². The Morgan fingerprint density at radius 3 is 2.40 bits per heavy atom. The van der Waals surface area contributed by atoms with Crippen molar-refractivity contribution in [2.45, 2.75) is 11.6 Å². The first-order valence-electron chi connectivity index (χ1n) is 10.8. The van der Waals surface area contributed by atoms with Gasteiger partial charge in [0.25, 0.3) is 5.91 Å². The SMILES string of the molecule is N#Cc1ccc(C(=O)CSc2nnc(CCNC(=O)c3ccccc3F)n2-c2ccccc2)cc1. The van der Waals surface area contributed by atoms with E-state index < -0.39 is 11.7 Å². The van der Waals surface area contributed by atoms with Crippen LogP contribution in [-0.2, 0) is 6.42 Å². The number of thioether (sulfide) groups is 1. The Bertz CT molecular complexity index is 1380. The van der Waals surface area contributed by atoms with Crippen LogP contribution in [0, 0.1) is 17.1 Å². The van der Waals surface area contributed by atoms with E-state index in [1.54, 1.807) is 30.3 Å². The van der Waals surface area contributed by atoms with Gasteiger partial charge in [-0.15, -0.1) is 10.2 Å². The lowest BCUT2D eigenvalue weighted by Crippen LogP contribution is -2.27. The minimum Gasteiger partial charge on any atom is -0.351 e. The summed E-state index contributed by atoms with van der Waals surface area (Å²) < 4.78 is 15.7. The number of amides is 1. The topological polar surface area (TPSA) is 101 Å². The number of nitriles is 1. The molecule has 0 radical (unpaired) electrons. The van der Waals surface area contributed by atoms with E-state index in [2.05, 4.69) is 15.5 Å². The quantitative estimate of drug-likeness (QED) is 0.281. The largest absolute Gasteiger partial charge is 0.351 e. The third kappa shape index (κ3) is 5.80. The Hall–Kier alpha value is -4.29. The first-order valence-corrected chi connectivity index (χ1v) is 11.7. The van der Waals surface area contributed by atoms with Gasteiger partial charge in [-0.2, -0.15) is 5.26 Å². The van der Waals surface area contributed by atoms with E-state index in [1.807, 2.05) is 41.0 Å². The van der Waals surface area contributed by atoms with Crippen molar-refractivity contribution in [3.63, 3.8) is 0 Å². The van der Waals surface area contributed by atoms with Crippen LogP contribution in [0.25, 0.3) is 5.69 Å². The second kappa shape index (κ2) is 11.2. The molecule has 4 rings (SSSR count). The Balaban J connectivity index is 1.47. The molecule has 0 aliphatic heterocycles. The molecule has 0 bridgehead atoms. The highest BCUT2D eigenvalue weighted by Crippen LogP contribution is 2.23. The average Bonchev–Trinajstić information content (AvgIpc) is 3.30. The van der Waals surface area contributed by atoms with Crippen LogP contribution < -0.4 is 5.32 Å². The minimum absolute atomic E-state index is 0.0189. The maximum absolute atomic E-state index is 13.9. The highest BCUT2D eigenvalue weighted by atomic mass is 32.2. The molecule has 0 aliphatic rings. The first kappa shape index (κ1) is 23.9. The predicted octanol–water partition coefficient (Wildman–Crippen LogP) is 4.23. The summed E-state index contributed by atoms with van der Waals surface area (Å²) in [5.74, 6) is -0.445. The summed E-state index contributed by atoms with van der Waals surface area (Å²) >= 11 is 1.25. The van der Waals surface area contributed by atoms with Gasteiger partial charge in [0.05, 0.1) is 22.9 Å². The van der Waals surface area contributed by atoms with Crippen molar-refractivity contribution in [3.05, 3.63) is 107 Å². The summed E-state index contributed by atoms with van der Waals surface area (Å²) in [6.45, 7) is 0.229. The Labute approximate surface area is 205 Å². The van der Waals surface area contributed by atoms with E-state index in [0.29, 0.717) is 28.5 Å². The predicted molar refractivity (Wildman–Crippen MR) is 130 cm³/mol. The molecule has 0 aliphatic carbocycles. The summed E-state index contributed by atoms with van der Waals surface area (Å²) in [5.41, 5.74) is 1.80. The monoisotopic (exact) mass is 485 g/mol. The van der Waals surface area contributed by atoms with E-state index in [9.17, 15) is 14.0 Å². The molecular weight excluding hydrogens is 465 g/mol. The van der Waals surface area contributed by atoms with Crippen LogP contribution in [0.1, 0.15) is 32.1 Å². The number of nitrogens with zero attached hydrogens (tertiary/aromatic N) is 4. The number of para-hydroxylation sites is 1. The van der Waals surface area contributed by atoms with Crippen LogP contribution in [0.5, 0.6) is 0 Å². The molecule has 3 aromatic carbocycles. The molecule has 35 heavy (non-hydrogen) atoms. The number of ketones is 1. The van der Waals surface area contributed by atoms with E-state index in [1.165, 1.54) is 30.0 Å². The normalized spacial score (nSPS) is 10.5. The van der Waals surface area contributed by atoms with Gasteiger partial charge in [-0.1, -0.05) is 54.2 Å². The Morgan fingerprint density at radius 1 is 0.971 bits per heavy atom. The number of halogens is 1. The molecule has 0 fully saturated rings. The molecule has 1 amide bonds. The third-order valence-corrected chi connectivity index (χ3v) is 6.06. The molecule has 9 heteroatoms. The minimum atomic E-state index is -0.580. The van der Waals surface area contributed by atoms with Crippen LogP contribution in [0.4, 0.5) is 4.39 Å². The first-order chi connectivity index (χ1) is 17.1. The maximum Gasteiger partial charge on any atom is 0.254 e. The summed E-state index contributed by atoms with van der Waals surface area (Å²) in [6, 6.07) is 23.8. The molecule has 0 saturated carbocycles. The Kier molecular flexibility index (Phi) is 7.65. The fraction of sp³-hybridized carbons (Fsp3) is 0.115. The molecule has 4 aromatic rings. The lowest BCUT2D eigenvalue weighted by Gasteiger charge is -2.11. The average molecular weight is 486 g/mol. The molecule has 1 N–H and O–H groups in total. The molecule has 1 aromatic heterocycles. The number of carbonyl (C=O) groups is 2. The van der Waals surface area contributed by atoms with Crippen molar-refractivity contribution >= 4 is 23.5 Å². The number of aromatic nitrogens is 3. The molecule has 0 atom stereocenters. The molecule has 0 saturated heterocycles. The maximum atomic E-state index is 13.9. The van der Waals surface area contributed by atoms with Crippen molar-refractivity contribution < 1.29 is 14.0 Å². The number of Topliss-reactive ketones (excluding diaryl/α,β-unsaturated/α-hetero) is 1. The molecule has 174 valence electrons. The van der Waals surface area contributed by atoms with Gasteiger partial charge < -0.3 is 5.32 Å². The van der Waals surface area contributed by atoms with E-state index in [0.717, 1.165) is 5.69 Å². The van der Waals surface area contributed by atoms with Crippen LogP contribution in [0.2, 0.25) is 0 Å². The summed E-state index contributed by atoms with van der Waals surface area (Å²) in [6.07, 6.45) is 0.353. The van der Waals surface area contributed by atoms with Crippen LogP contribution in [-0.4, -0.2) is 38.8 Å². The van der Waals surface area contributed by atoms with Crippen LogP contribution in [0.3, 0.4) is 0 Å². The zero-order valence-electron chi connectivity index (χ0n) is 18.5. The van der Waals surface area contributed by atoms with Crippen molar-refractivity contribution in [1.29, 1.82) is 5.26 Å². The van der Waals surface area contributed by atoms with Gasteiger partial charge in [0.1, 0.15) is 11.6 Å². The summed E-state index contributed by atoms with van der Waals surface area (Å²) in [7, 11) is 0. The fourth-order valence-corrected chi connectivity index (χ4v) is 4.23. The standard InChI is InChI=1S/C26H20FN5O2S/c27-22-9-5-4-8-21(22)25(34)29-15-14-24-30-31-26(32(24)20-6-2-1-3-7-20)35-17-23(33)19-12-10-18(16-28)11-13-19/h1-13H,14-15,17H2,(H,29,34). The number of hydrogen-bond donors (Lipinski definition) is 1. The van der Waals surface area contributed by atoms with E-state index >= 15 is 0 Å². The lowest BCUT2D eigenvalue weighted by atomic mass is 10.1. The van der Waals surface area contributed by atoms with Gasteiger partial charge in [-0.25, -0.2) is 4.39 Å². The van der Waals surface area contributed by atoms with Crippen LogP contribution in [0.15, 0.2) is 84.0 Å². The number of benzene rings is 3. The Morgan fingerprint density at radius 2 is 1.69 bits per heavy atom. The second-order valence-corrected chi connectivity index (χ2v) is 8.40. The van der Waals surface area contributed by atoms with Gasteiger partial charge in [0.2, 0.25) is 0 Å². The molecule has 7 nitrogen and oxygen atoms in total. The molecule has 0 spiro atoms. The van der Waals surface area contributed by atoms with Crippen molar-refractivity contribution in [1.82, 2.24) is 20.1 Å². The number of nitrogens with one attached hydrogen (secondary N) is 1. The van der Waals surface area contributed by atoms with Gasteiger partial charge >= 0.3 is 0 Å². The summed E-state index contributed by atoms with van der Waals surface area (Å²) in [5, 5.41) is 20.7. The van der Waals surface area contributed by atoms with Gasteiger partial charge in [0.15, 0.2) is 10.9 Å². The summed E-state index contributed by atoms with van der Waals surface area (Å²) in [4.78, 5) is 25.0. The van der Waals surface area contributed by atoms with Crippen molar-refractivity contribution in [2.24, 2.45) is 0 Å². The van der Waals surface area contributed by atoms with Gasteiger partial charge in [-0.05, 0) is 36.4 Å².